The highest BCUT2D eigenvalue weighted by atomic mass is 28.3. The van der Waals surface area contributed by atoms with E-state index in [9.17, 15) is 0 Å². The molecule has 0 amide bonds. The highest BCUT2D eigenvalue weighted by molar-refractivity contribution is 6.83. The summed E-state index contributed by atoms with van der Waals surface area (Å²) in [4.78, 5) is 4.79. The summed E-state index contributed by atoms with van der Waals surface area (Å²) in [5, 5.41) is 0. The lowest BCUT2D eigenvalue weighted by molar-refractivity contribution is 0.235. The maximum Gasteiger partial charge on any atom is 0.191 e. The minimum Gasteiger partial charge on any atom is -0.478 e. The van der Waals surface area contributed by atoms with Gasteiger partial charge in [0.2, 0.25) is 0 Å². The molecule has 3 heteroatoms. The second-order valence-electron chi connectivity index (χ2n) is 7.23. The Morgan fingerprint density at radius 2 is 1.89 bits per heavy atom. The predicted molar refractivity (Wildman–Crippen MR) is 79.4 cm³/mol. The van der Waals surface area contributed by atoms with Gasteiger partial charge in [-0.05, 0) is 30.2 Å². The Labute approximate surface area is 113 Å². The summed E-state index contributed by atoms with van der Waals surface area (Å²) in [6, 6.07) is 0.275. The van der Waals surface area contributed by atoms with Crippen LogP contribution in [0.1, 0.15) is 20.8 Å². The van der Waals surface area contributed by atoms with Crippen molar-refractivity contribution in [2.75, 3.05) is 6.61 Å². The summed E-state index contributed by atoms with van der Waals surface area (Å²) in [5.41, 5.74) is 1.63. The fourth-order valence-electron chi connectivity index (χ4n) is 2.23. The largest absolute Gasteiger partial charge is 0.478 e. The van der Waals surface area contributed by atoms with E-state index < -0.39 is 8.07 Å². The summed E-state index contributed by atoms with van der Waals surface area (Å²) < 4.78 is 5.84. The summed E-state index contributed by atoms with van der Waals surface area (Å²) in [6.07, 6.45) is 6.51. The zero-order valence-corrected chi connectivity index (χ0v) is 13.4. The third-order valence-electron chi connectivity index (χ3n) is 3.51. The monoisotopic (exact) mass is 262 g/mol. The molecule has 5 radical (unpaired) electrons. The van der Waals surface area contributed by atoms with Gasteiger partial charge in [0, 0.05) is 0 Å². The second kappa shape index (κ2) is 4.66. The molecule has 2 nitrogen and oxygen atoms in total. The molecule has 0 aromatic rings. The third-order valence-corrected chi connectivity index (χ3v) is 5.56. The van der Waals surface area contributed by atoms with E-state index in [0.29, 0.717) is 0 Å². The van der Waals surface area contributed by atoms with Crippen LogP contribution in [0.25, 0.3) is 0 Å². The molecule has 0 aromatic carbocycles. The van der Waals surface area contributed by atoms with Crippen molar-refractivity contribution in [3.8, 4) is 0 Å². The first-order valence-corrected chi connectivity index (χ1v) is 10.2. The lowest BCUT2D eigenvalue weighted by atomic mass is 9.88. The fourth-order valence-corrected chi connectivity index (χ4v) is 3.82. The predicted octanol–water partition coefficient (Wildman–Crippen LogP) is 3.48. The highest BCUT2D eigenvalue weighted by Crippen LogP contribution is 2.42. The highest BCUT2D eigenvalue weighted by Gasteiger charge is 2.44. The van der Waals surface area contributed by atoms with E-state index in [1.165, 1.54) is 11.5 Å². The number of nitrogens with zero attached hydrogens (tertiary/aromatic N) is 1. The van der Waals surface area contributed by atoms with Crippen LogP contribution in [0.3, 0.4) is 0 Å². The minimum absolute atomic E-state index is 0.174. The van der Waals surface area contributed by atoms with Crippen molar-refractivity contribution >= 4 is 14.0 Å². The molecule has 18 heavy (non-hydrogen) atoms. The molecule has 0 unspecified atom stereocenters. The van der Waals surface area contributed by atoms with Crippen LogP contribution in [0.15, 0.2) is 4.99 Å². The molecule has 0 saturated heterocycles. The Bertz CT molecular complexity index is 337. The van der Waals surface area contributed by atoms with Crippen molar-refractivity contribution < 1.29 is 4.74 Å². The Balaban J connectivity index is 2.13. The normalized spacial score (nSPS) is 27.4. The van der Waals surface area contributed by atoms with Crippen molar-refractivity contribution in [3.63, 3.8) is 0 Å². The molecule has 0 spiro atoms. The van der Waals surface area contributed by atoms with Crippen molar-refractivity contribution in [2.24, 2.45) is 10.4 Å². The van der Waals surface area contributed by atoms with Crippen LogP contribution < -0.4 is 0 Å². The fraction of sp³-hybridized carbons (Fsp3) is 0.600. The van der Waals surface area contributed by atoms with Gasteiger partial charge in [-0.25, -0.2) is 4.99 Å². The van der Waals surface area contributed by atoms with Crippen LogP contribution in [0.5, 0.6) is 0 Å². The number of aliphatic imine (C=N–C) groups is 1. The molecule has 1 saturated carbocycles. The summed E-state index contributed by atoms with van der Waals surface area (Å²) in [6.45, 7) is 14.5. The Morgan fingerprint density at radius 1 is 1.22 bits per heavy atom. The van der Waals surface area contributed by atoms with Gasteiger partial charge in [-0.2, -0.15) is 0 Å². The van der Waals surface area contributed by atoms with Gasteiger partial charge in [0.05, 0.1) is 20.0 Å². The van der Waals surface area contributed by atoms with E-state index in [4.69, 9.17) is 9.73 Å². The quantitative estimate of drug-likeness (QED) is 0.698. The average Bonchev–Trinajstić information content (AvgIpc) is 2.84. The van der Waals surface area contributed by atoms with Crippen LogP contribution in [0, 0.1) is 36.1 Å². The number of rotatable bonds is 2. The number of hydrogen-bond donors (Lipinski definition) is 0. The maximum atomic E-state index is 5.84. The van der Waals surface area contributed by atoms with Crippen molar-refractivity contribution in [1.29, 1.82) is 0 Å². The molecule has 0 bridgehead atoms. The molecule has 2 aliphatic rings. The van der Waals surface area contributed by atoms with Gasteiger partial charge in [0.15, 0.2) is 5.90 Å². The van der Waals surface area contributed by atoms with Gasteiger partial charge in [0.25, 0.3) is 0 Å². The second-order valence-corrected chi connectivity index (χ2v) is 12.3. The molecule has 1 aliphatic heterocycles. The van der Waals surface area contributed by atoms with Crippen molar-refractivity contribution in [1.82, 2.24) is 0 Å². The van der Waals surface area contributed by atoms with E-state index in [0.717, 1.165) is 12.5 Å². The van der Waals surface area contributed by atoms with Gasteiger partial charge in [0.1, 0.15) is 6.61 Å². The zero-order chi connectivity index (χ0) is 13.6. The van der Waals surface area contributed by atoms with Crippen LogP contribution in [0.4, 0.5) is 0 Å². The third kappa shape index (κ3) is 2.81. The minimum atomic E-state index is -1.32. The Hall–Kier alpha value is -0.313. The van der Waals surface area contributed by atoms with Crippen LogP contribution in [-0.4, -0.2) is 26.6 Å². The number of ether oxygens (including phenoxy) is 1. The topological polar surface area (TPSA) is 21.6 Å². The van der Waals surface area contributed by atoms with E-state index in [2.05, 4.69) is 59.7 Å². The summed E-state index contributed by atoms with van der Waals surface area (Å²) >= 11 is 0. The Kier molecular flexibility index (Phi) is 3.65. The Morgan fingerprint density at radius 3 is 2.39 bits per heavy atom. The molecule has 1 atom stereocenters. The summed E-state index contributed by atoms with van der Waals surface area (Å²) in [5.74, 6) is 2.08. The van der Waals surface area contributed by atoms with E-state index in [1.807, 2.05) is 0 Å². The summed E-state index contributed by atoms with van der Waals surface area (Å²) in [7, 11) is -1.32. The lowest BCUT2D eigenvalue weighted by Gasteiger charge is -2.28. The molecule has 0 N–H and O–H groups in total. The van der Waals surface area contributed by atoms with Crippen LogP contribution in [0.2, 0.25) is 19.6 Å². The zero-order valence-electron chi connectivity index (χ0n) is 12.4. The van der Waals surface area contributed by atoms with Gasteiger partial charge >= 0.3 is 0 Å². The standard InChI is InChI=1S/C15H24NOSi/c1-15(2,3)13-10-17-14(16-13)11-8-7-9-12(11)18(4,5)6/h7-9,13H,10H2,1-6H3/t13-/m1/s1. The van der Waals surface area contributed by atoms with Gasteiger partial charge in [-0.1, -0.05) is 40.4 Å². The molecule has 99 valence electrons. The average molecular weight is 262 g/mol. The molecular formula is C15H24NOSi. The van der Waals surface area contributed by atoms with E-state index in [1.54, 1.807) is 0 Å². The van der Waals surface area contributed by atoms with Crippen LogP contribution in [-0.2, 0) is 4.74 Å². The first-order valence-electron chi connectivity index (χ1n) is 6.67. The van der Waals surface area contributed by atoms with Gasteiger partial charge in [-0.3, -0.25) is 0 Å². The molecule has 1 aliphatic carbocycles. The number of hydrogen-bond acceptors (Lipinski definition) is 2. The van der Waals surface area contributed by atoms with Crippen LogP contribution >= 0.6 is 0 Å². The van der Waals surface area contributed by atoms with Crippen molar-refractivity contribution in [2.45, 2.75) is 46.5 Å². The lowest BCUT2D eigenvalue weighted by Crippen LogP contribution is -2.35. The SMILES string of the molecule is CC(C)(C)[C@H]1COC([C]2[CH][CH][CH][C]2[Si](C)(C)C)=N1. The first-order chi connectivity index (χ1) is 8.19. The molecule has 1 heterocycles. The van der Waals surface area contributed by atoms with Crippen molar-refractivity contribution in [3.05, 3.63) is 30.7 Å². The maximum absolute atomic E-state index is 5.84. The molecule has 2 rings (SSSR count). The van der Waals surface area contributed by atoms with Gasteiger partial charge in [-0.15, -0.1) is 0 Å². The first kappa shape index (κ1) is 14.1. The van der Waals surface area contributed by atoms with E-state index in [-0.39, 0.29) is 11.5 Å². The molecular weight excluding hydrogens is 238 g/mol. The molecule has 1 fully saturated rings. The van der Waals surface area contributed by atoms with Gasteiger partial charge < -0.3 is 4.74 Å². The molecule has 0 aromatic heterocycles. The smallest absolute Gasteiger partial charge is 0.191 e. The van der Waals surface area contributed by atoms with E-state index >= 15 is 0 Å².